The summed E-state index contributed by atoms with van der Waals surface area (Å²) >= 11 is 0. The zero-order chi connectivity index (χ0) is 13.8. The van der Waals surface area contributed by atoms with E-state index >= 15 is 0 Å². The SMILES string of the molecule is CCN1CCN(c2ccc([N+](=O)[O-])cc2OC)CC1. The average molecular weight is 265 g/mol. The molecule has 2 rings (SSSR count). The van der Waals surface area contributed by atoms with Crippen LogP contribution < -0.4 is 9.64 Å². The van der Waals surface area contributed by atoms with Gasteiger partial charge in [0.05, 0.1) is 23.8 Å². The Labute approximate surface area is 112 Å². The molecule has 0 saturated carbocycles. The van der Waals surface area contributed by atoms with E-state index in [0.717, 1.165) is 38.4 Å². The van der Waals surface area contributed by atoms with E-state index in [-0.39, 0.29) is 5.69 Å². The first-order valence-electron chi connectivity index (χ1n) is 6.45. The molecule has 6 nitrogen and oxygen atoms in total. The molecule has 0 bridgehead atoms. The Hall–Kier alpha value is -1.82. The fraction of sp³-hybridized carbons (Fsp3) is 0.538. The van der Waals surface area contributed by atoms with E-state index in [1.54, 1.807) is 13.2 Å². The van der Waals surface area contributed by atoms with Crippen molar-refractivity contribution >= 4 is 11.4 Å². The van der Waals surface area contributed by atoms with Crippen molar-refractivity contribution < 1.29 is 9.66 Å². The highest BCUT2D eigenvalue weighted by Crippen LogP contribution is 2.32. The van der Waals surface area contributed by atoms with Crippen LogP contribution in [-0.2, 0) is 0 Å². The minimum atomic E-state index is -0.401. The predicted octanol–water partition coefficient (Wildman–Crippen LogP) is 1.75. The summed E-state index contributed by atoms with van der Waals surface area (Å²) in [7, 11) is 1.55. The third kappa shape index (κ3) is 2.96. The lowest BCUT2D eigenvalue weighted by atomic mass is 10.2. The van der Waals surface area contributed by atoms with Gasteiger partial charge in [0.1, 0.15) is 5.75 Å². The monoisotopic (exact) mass is 265 g/mol. The molecule has 19 heavy (non-hydrogen) atoms. The first-order chi connectivity index (χ1) is 9.15. The second kappa shape index (κ2) is 5.88. The fourth-order valence-electron chi connectivity index (χ4n) is 2.35. The zero-order valence-electron chi connectivity index (χ0n) is 11.3. The van der Waals surface area contributed by atoms with Gasteiger partial charge in [0, 0.05) is 32.2 Å². The van der Waals surface area contributed by atoms with Crippen LogP contribution in [0.15, 0.2) is 18.2 Å². The molecule has 1 aliphatic heterocycles. The molecule has 0 spiro atoms. The van der Waals surface area contributed by atoms with Gasteiger partial charge in [-0.3, -0.25) is 10.1 Å². The van der Waals surface area contributed by atoms with E-state index in [1.165, 1.54) is 12.1 Å². The van der Waals surface area contributed by atoms with Crippen molar-refractivity contribution in [3.63, 3.8) is 0 Å². The second-order valence-corrected chi connectivity index (χ2v) is 4.53. The summed E-state index contributed by atoms with van der Waals surface area (Å²) in [5.41, 5.74) is 0.997. The van der Waals surface area contributed by atoms with E-state index < -0.39 is 4.92 Å². The standard InChI is InChI=1S/C13H19N3O3/c1-3-14-6-8-15(9-7-14)12-5-4-11(16(17)18)10-13(12)19-2/h4-5,10H,3,6-9H2,1-2H3. The number of ether oxygens (including phenoxy) is 1. The Balaban J connectivity index is 2.18. The van der Waals surface area contributed by atoms with Gasteiger partial charge in [-0.1, -0.05) is 6.92 Å². The van der Waals surface area contributed by atoms with Gasteiger partial charge in [-0.15, -0.1) is 0 Å². The number of nitro groups is 1. The summed E-state index contributed by atoms with van der Waals surface area (Å²) in [6, 6.07) is 4.80. The smallest absolute Gasteiger partial charge is 0.273 e. The molecule has 1 aromatic carbocycles. The average Bonchev–Trinajstić information content (AvgIpc) is 2.46. The summed E-state index contributed by atoms with van der Waals surface area (Å²) in [6.45, 7) is 7.07. The van der Waals surface area contributed by atoms with Gasteiger partial charge >= 0.3 is 0 Å². The van der Waals surface area contributed by atoms with Crippen molar-refractivity contribution in [3.8, 4) is 5.75 Å². The van der Waals surface area contributed by atoms with Crippen molar-refractivity contribution in [1.82, 2.24) is 4.90 Å². The van der Waals surface area contributed by atoms with Gasteiger partial charge in [0.15, 0.2) is 0 Å². The number of methoxy groups -OCH3 is 1. The third-order valence-corrected chi connectivity index (χ3v) is 3.53. The number of hydrogen-bond donors (Lipinski definition) is 0. The molecule has 0 radical (unpaired) electrons. The lowest BCUT2D eigenvalue weighted by Crippen LogP contribution is -2.46. The minimum Gasteiger partial charge on any atom is -0.494 e. The number of non-ortho nitro benzene ring substituents is 1. The predicted molar refractivity (Wildman–Crippen MR) is 74.0 cm³/mol. The number of piperazine rings is 1. The highest BCUT2D eigenvalue weighted by Gasteiger charge is 2.20. The van der Waals surface area contributed by atoms with Crippen LogP contribution in [-0.4, -0.2) is 49.7 Å². The van der Waals surface area contributed by atoms with E-state index in [0.29, 0.717) is 5.75 Å². The van der Waals surface area contributed by atoms with Crippen molar-refractivity contribution in [1.29, 1.82) is 0 Å². The Morgan fingerprint density at radius 2 is 2.00 bits per heavy atom. The van der Waals surface area contributed by atoms with Crippen molar-refractivity contribution in [3.05, 3.63) is 28.3 Å². The summed E-state index contributed by atoms with van der Waals surface area (Å²) in [5, 5.41) is 10.8. The molecule has 104 valence electrons. The largest absolute Gasteiger partial charge is 0.494 e. The number of hydrogen-bond acceptors (Lipinski definition) is 5. The van der Waals surface area contributed by atoms with Crippen LogP contribution in [0.5, 0.6) is 5.75 Å². The van der Waals surface area contributed by atoms with E-state index in [4.69, 9.17) is 4.74 Å². The molecule has 0 amide bonds. The second-order valence-electron chi connectivity index (χ2n) is 4.53. The van der Waals surface area contributed by atoms with Gasteiger partial charge in [-0.2, -0.15) is 0 Å². The van der Waals surface area contributed by atoms with E-state index in [9.17, 15) is 10.1 Å². The molecule has 1 fully saturated rings. The Morgan fingerprint density at radius 3 is 2.53 bits per heavy atom. The molecular weight excluding hydrogens is 246 g/mol. The van der Waals surface area contributed by atoms with Crippen molar-refractivity contribution in [2.24, 2.45) is 0 Å². The maximum atomic E-state index is 10.8. The number of benzene rings is 1. The van der Waals surface area contributed by atoms with Crippen LogP contribution in [0.25, 0.3) is 0 Å². The van der Waals surface area contributed by atoms with Gasteiger partial charge in [-0.05, 0) is 12.6 Å². The molecule has 0 N–H and O–H groups in total. The van der Waals surface area contributed by atoms with Crippen molar-refractivity contribution in [2.45, 2.75) is 6.92 Å². The molecule has 0 unspecified atom stereocenters. The summed E-state index contributed by atoms with van der Waals surface area (Å²) in [5.74, 6) is 0.569. The first kappa shape index (κ1) is 13.6. The van der Waals surface area contributed by atoms with Crippen LogP contribution in [0.2, 0.25) is 0 Å². The molecular formula is C13H19N3O3. The molecule has 0 aliphatic carbocycles. The van der Waals surface area contributed by atoms with Crippen LogP contribution in [0.1, 0.15) is 6.92 Å². The summed E-state index contributed by atoms with van der Waals surface area (Å²) < 4.78 is 5.28. The number of anilines is 1. The molecule has 1 aliphatic rings. The van der Waals surface area contributed by atoms with Gasteiger partial charge in [0.2, 0.25) is 0 Å². The maximum Gasteiger partial charge on any atom is 0.273 e. The minimum absolute atomic E-state index is 0.0628. The lowest BCUT2D eigenvalue weighted by molar-refractivity contribution is -0.384. The summed E-state index contributed by atoms with van der Waals surface area (Å²) in [4.78, 5) is 15.0. The third-order valence-electron chi connectivity index (χ3n) is 3.53. The van der Waals surface area contributed by atoms with Gasteiger partial charge in [0.25, 0.3) is 5.69 Å². The number of likely N-dealkylation sites (N-methyl/N-ethyl adjacent to an activating group) is 1. The fourth-order valence-corrected chi connectivity index (χ4v) is 2.35. The van der Waals surface area contributed by atoms with Crippen LogP contribution in [0, 0.1) is 10.1 Å². The summed E-state index contributed by atoms with van der Waals surface area (Å²) in [6.07, 6.45) is 0. The first-order valence-corrected chi connectivity index (χ1v) is 6.45. The Morgan fingerprint density at radius 1 is 1.32 bits per heavy atom. The lowest BCUT2D eigenvalue weighted by Gasteiger charge is -2.36. The maximum absolute atomic E-state index is 10.8. The molecule has 0 atom stereocenters. The number of rotatable bonds is 4. The van der Waals surface area contributed by atoms with Crippen molar-refractivity contribution in [2.75, 3.05) is 44.7 Å². The molecule has 6 heteroatoms. The van der Waals surface area contributed by atoms with Crippen LogP contribution in [0.3, 0.4) is 0 Å². The quantitative estimate of drug-likeness (QED) is 0.613. The molecule has 0 aromatic heterocycles. The topological polar surface area (TPSA) is 58.9 Å². The van der Waals surface area contributed by atoms with Gasteiger partial charge < -0.3 is 14.5 Å². The molecule has 1 heterocycles. The molecule has 1 saturated heterocycles. The highest BCUT2D eigenvalue weighted by atomic mass is 16.6. The molecule has 1 aromatic rings. The number of nitrogens with zero attached hydrogens (tertiary/aromatic N) is 3. The highest BCUT2D eigenvalue weighted by molar-refractivity contribution is 5.62. The van der Waals surface area contributed by atoms with Crippen LogP contribution >= 0.6 is 0 Å². The Kier molecular flexibility index (Phi) is 4.21. The van der Waals surface area contributed by atoms with E-state index in [2.05, 4.69) is 16.7 Å². The van der Waals surface area contributed by atoms with Gasteiger partial charge in [-0.25, -0.2) is 0 Å². The zero-order valence-corrected chi connectivity index (χ0v) is 11.3. The van der Waals surface area contributed by atoms with Crippen LogP contribution in [0.4, 0.5) is 11.4 Å². The van der Waals surface area contributed by atoms with E-state index in [1.807, 2.05) is 0 Å². The number of nitro benzene ring substituents is 1. The normalized spacial score (nSPS) is 16.4. The Bertz CT molecular complexity index is 456.